The van der Waals surface area contributed by atoms with Crippen LogP contribution < -0.4 is 5.32 Å². The number of hydrogen-bond donors (Lipinski definition) is 1. The fraction of sp³-hybridized carbons (Fsp3) is 0.529. The van der Waals surface area contributed by atoms with Crippen LogP contribution in [-0.4, -0.2) is 28.3 Å². The van der Waals surface area contributed by atoms with Crippen LogP contribution in [0.3, 0.4) is 0 Å². The lowest BCUT2D eigenvalue weighted by atomic mass is 9.86. The molecule has 0 aromatic heterocycles. The molecule has 1 aliphatic rings. The van der Waals surface area contributed by atoms with Crippen LogP contribution in [0.2, 0.25) is 0 Å². The zero-order valence-corrected chi connectivity index (χ0v) is 13.2. The van der Waals surface area contributed by atoms with E-state index in [0.717, 1.165) is 5.56 Å². The highest BCUT2D eigenvalue weighted by atomic mass is 16.2. The summed E-state index contributed by atoms with van der Waals surface area (Å²) in [6, 6.07) is 9.30. The van der Waals surface area contributed by atoms with Crippen LogP contribution in [0.15, 0.2) is 30.3 Å². The minimum atomic E-state index is -0.757. The molecule has 0 saturated carbocycles. The minimum absolute atomic E-state index is 0.0240. The van der Waals surface area contributed by atoms with Gasteiger partial charge in [-0.2, -0.15) is 0 Å². The molecule has 1 saturated heterocycles. The maximum Gasteiger partial charge on any atom is 0.249 e. The molecule has 1 heterocycles. The van der Waals surface area contributed by atoms with Crippen molar-refractivity contribution in [2.24, 2.45) is 0 Å². The van der Waals surface area contributed by atoms with Gasteiger partial charge in [-0.15, -0.1) is 0 Å². The van der Waals surface area contributed by atoms with Gasteiger partial charge in [-0.05, 0) is 32.3 Å². The van der Waals surface area contributed by atoms with E-state index in [-0.39, 0.29) is 17.9 Å². The van der Waals surface area contributed by atoms with E-state index in [0.29, 0.717) is 12.8 Å². The van der Waals surface area contributed by atoms with E-state index in [1.54, 1.807) is 11.8 Å². The maximum atomic E-state index is 13.0. The Bertz CT molecular complexity index is 523. The van der Waals surface area contributed by atoms with E-state index < -0.39 is 11.6 Å². The van der Waals surface area contributed by atoms with Gasteiger partial charge in [0.25, 0.3) is 0 Å². The molecule has 1 N–H and O–H groups in total. The molecular formula is C17H24N2O2. The van der Waals surface area contributed by atoms with Gasteiger partial charge in [0, 0.05) is 0 Å². The summed E-state index contributed by atoms with van der Waals surface area (Å²) in [5, 5.41) is 2.93. The zero-order chi connectivity index (χ0) is 15.6. The molecule has 21 heavy (non-hydrogen) atoms. The first-order valence-electron chi connectivity index (χ1n) is 7.66. The van der Waals surface area contributed by atoms with Gasteiger partial charge in [0.2, 0.25) is 11.8 Å². The molecular weight excluding hydrogens is 264 g/mol. The van der Waals surface area contributed by atoms with E-state index in [1.807, 2.05) is 51.1 Å². The Labute approximate surface area is 126 Å². The number of nitrogens with zero attached hydrogens (tertiary/aromatic N) is 1. The van der Waals surface area contributed by atoms with E-state index in [1.165, 1.54) is 0 Å². The van der Waals surface area contributed by atoms with Crippen molar-refractivity contribution in [1.29, 1.82) is 0 Å². The molecule has 1 aromatic carbocycles. The minimum Gasteiger partial charge on any atom is -0.340 e. The summed E-state index contributed by atoms with van der Waals surface area (Å²) in [5.41, 5.74) is 0.292. The number of benzene rings is 1. The van der Waals surface area contributed by atoms with E-state index >= 15 is 0 Å². The van der Waals surface area contributed by atoms with Crippen molar-refractivity contribution in [2.45, 2.75) is 58.2 Å². The van der Waals surface area contributed by atoms with Crippen LogP contribution in [0, 0.1) is 0 Å². The fourth-order valence-corrected chi connectivity index (χ4v) is 3.08. The van der Waals surface area contributed by atoms with Crippen molar-refractivity contribution in [1.82, 2.24) is 10.2 Å². The predicted molar refractivity (Wildman–Crippen MR) is 82.6 cm³/mol. The predicted octanol–water partition coefficient (Wildman–Crippen LogP) is 2.65. The van der Waals surface area contributed by atoms with Gasteiger partial charge in [-0.3, -0.25) is 9.59 Å². The molecule has 0 aliphatic carbocycles. The Kier molecular flexibility index (Phi) is 4.35. The Hall–Kier alpha value is -1.84. The average Bonchev–Trinajstić information content (AvgIpc) is 2.52. The largest absolute Gasteiger partial charge is 0.340 e. The van der Waals surface area contributed by atoms with Crippen LogP contribution in [0.25, 0.3) is 0 Å². The third-order valence-corrected chi connectivity index (χ3v) is 4.71. The number of carbonyl (C=O) groups excluding carboxylic acids is 2. The van der Waals surface area contributed by atoms with Gasteiger partial charge < -0.3 is 10.2 Å². The number of hydrogen-bond acceptors (Lipinski definition) is 2. The molecule has 114 valence electrons. The number of nitrogens with one attached hydrogen (secondary N) is 1. The van der Waals surface area contributed by atoms with Crippen LogP contribution in [0.1, 0.15) is 52.1 Å². The van der Waals surface area contributed by atoms with Gasteiger partial charge in [-0.25, -0.2) is 0 Å². The second kappa shape index (κ2) is 5.88. The summed E-state index contributed by atoms with van der Waals surface area (Å²) in [5.74, 6) is -0.0444. The average molecular weight is 288 g/mol. The molecule has 2 amide bonds. The summed E-state index contributed by atoms with van der Waals surface area (Å²) in [7, 11) is 0. The maximum absolute atomic E-state index is 13.0. The summed E-state index contributed by atoms with van der Waals surface area (Å²) in [4.78, 5) is 27.0. The molecule has 2 unspecified atom stereocenters. The number of amides is 2. The lowest BCUT2D eigenvalue weighted by Crippen LogP contribution is -2.69. The van der Waals surface area contributed by atoms with Crippen LogP contribution in [0.4, 0.5) is 0 Å². The highest BCUT2D eigenvalue weighted by Gasteiger charge is 2.48. The van der Waals surface area contributed by atoms with Crippen molar-refractivity contribution >= 4 is 11.8 Å². The van der Waals surface area contributed by atoms with Crippen molar-refractivity contribution in [3.05, 3.63) is 35.9 Å². The second-order valence-corrected chi connectivity index (χ2v) is 5.75. The molecule has 0 spiro atoms. The molecule has 1 aromatic rings. The zero-order valence-electron chi connectivity index (χ0n) is 13.2. The highest BCUT2D eigenvalue weighted by molar-refractivity contribution is 5.99. The quantitative estimate of drug-likeness (QED) is 0.926. The Morgan fingerprint density at radius 2 is 1.76 bits per heavy atom. The molecule has 2 rings (SSSR count). The highest BCUT2D eigenvalue weighted by Crippen LogP contribution is 2.31. The first-order valence-corrected chi connectivity index (χ1v) is 7.66. The molecule has 0 bridgehead atoms. The summed E-state index contributed by atoms with van der Waals surface area (Å²) in [6.45, 7) is 7.67. The topological polar surface area (TPSA) is 49.4 Å². The van der Waals surface area contributed by atoms with Crippen molar-refractivity contribution in [3.8, 4) is 0 Å². The van der Waals surface area contributed by atoms with Gasteiger partial charge in [0.05, 0.1) is 6.04 Å². The van der Waals surface area contributed by atoms with Gasteiger partial charge in [0.15, 0.2) is 0 Å². The second-order valence-electron chi connectivity index (χ2n) is 5.75. The molecule has 1 fully saturated rings. The summed E-state index contributed by atoms with van der Waals surface area (Å²) < 4.78 is 0. The standard InChI is InChI=1S/C17H24N2O2/c1-5-17(6-2)16(21)19(13(4)15(20)18-17)12(3)14-10-8-7-9-11-14/h7-13H,5-6H2,1-4H3,(H,18,20). The van der Waals surface area contributed by atoms with Crippen molar-refractivity contribution in [2.75, 3.05) is 0 Å². The van der Waals surface area contributed by atoms with Crippen LogP contribution in [-0.2, 0) is 9.59 Å². The van der Waals surface area contributed by atoms with Crippen molar-refractivity contribution in [3.63, 3.8) is 0 Å². The van der Waals surface area contributed by atoms with E-state index in [2.05, 4.69) is 5.32 Å². The van der Waals surface area contributed by atoms with Gasteiger partial charge >= 0.3 is 0 Å². The Morgan fingerprint density at radius 1 is 1.19 bits per heavy atom. The van der Waals surface area contributed by atoms with Gasteiger partial charge in [0.1, 0.15) is 11.6 Å². The normalized spacial score (nSPS) is 22.9. The van der Waals surface area contributed by atoms with Crippen LogP contribution >= 0.6 is 0 Å². The first-order chi connectivity index (χ1) is 9.96. The van der Waals surface area contributed by atoms with E-state index in [4.69, 9.17) is 0 Å². The lowest BCUT2D eigenvalue weighted by Gasteiger charge is -2.47. The third kappa shape index (κ3) is 2.55. The molecule has 2 atom stereocenters. The number of rotatable bonds is 4. The first kappa shape index (κ1) is 15.5. The SMILES string of the molecule is CCC1(CC)NC(=O)C(C)N(C(C)c2ccccc2)C1=O. The molecule has 1 aliphatic heterocycles. The summed E-state index contributed by atoms with van der Waals surface area (Å²) >= 11 is 0. The Morgan fingerprint density at radius 3 is 2.29 bits per heavy atom. The van der Waals surface area contributed by atoms with Crippen LogP contribution in [0.5, 0.6) is 0 Å². The number of carbonyl (C=O) groups is 2. The monoisotopic (exact) mass is 288 g/mol. The third-order valence-electron chi connectivity index (χ3n) is 4.71. The van der Waals surface area contributed by atoms with Gasteiger partial charge in [-0.1, -0.05) is 44.2 Å². The molecule has 4 nitrogen and oxygen atoms in total. The smallest absolute Gasteiger partial charge is 0.249 e. The Balaban J connectivity index is 2.40. The van der Waals surface area contributed by atoms with E-state index in [9.17, 15) is 9.59 Å². The lowest BCUT2D eigenvalue weighted by molar-refractivity contribution is -0.157. The molecule has 4 heteroatoms. The molecule has 0 radical (unpaired) electrons. The summed E-state index contributed by atoms with van der Waals surface area (Å²) in [6.07, 6.45) is 1.22. The number of piperazine rings is 1. The van der Waals surface area contributed by atoms with Crippen molar-refractivity contribution < 1.29 is 9.59 Å². The fourth-order valence-electron chi connectivity index (χ4n) is 3.08.